The molecule has 0 spiro atoms. The number of H-pyrrole nitrogens is 1. The summed E-state index contributed by atoms with van der Waals surface area (Å²) in [5.41, 5.74) is 0.0115. The first-order valence-corrected chi connectivity index (χ1v) is 8.69. The summed E-state index contributed by atoms with van der Waals surface area (Å²) < 4.78 is 0. The van der Waals surface area contributed by atoms with E-state index in [9.17, 15) is 9.59 Å². The molecule has 0 bridgehead atoms. The first-order chi connectivity index (χ1) is 10.2. The van der Waals surface area contributed by atoms with Crippen molar-refractivity contribution in [3.63, 3.8) is 0 Å². The van der Waals surface area contributed by atoms with Gasteiger partial charge in [0.05, 0.1) is 15.5 Å². The molecule has 0 aromatic carbocycles. The predicted octanol–water partition coefficient (Wildman–Crippen LogP) is 2.93. The van der Waals surface area contributed by atoms with Crippen molar-refractivity contribution in [3.05, 3.63) is 50.3 Å². The molecule has 3 aromatic rings. The van der Waals surface area contributed by atoms with Gasteiger partial charge in [0.15, 0.2) is 16.6 Å². The molecule has 3 heterocycles. The van der Waals surface area contributed by atoms with Crippen molar-refractivity contribution in [2.75, 3.05) is 5.75 Å². The number of aromatic amines is 1. The minimum Gasteiger partial charge on any atom is -0.298 e. The zero-order chi connectivity index (χ0) is 14.7. The van der Waals surface area contributed by atoms with Gasteiger partial charge in [0.2, 0.25) is 0 Å². The van der Waals surface area contributed by atoms with Crippen LogP contribution in [-0.4, -0.2) is 26.7 Å². The van der Waals surface area contributed by atoms with Crippen LogP contribution in [0.5, 0.6) is 0 Å². The van der Waals surface area contributed by atoms with Gasteiger partial charge in [0.25, 0.3) is 5.56 Å². The van der Waals surface area contributed by atoms with E-state index in [-0.39, 0.29) is 17.1 Å². The van der Waals surface area contributed by atoms with Gasteiger partial charge in [-0.25, -0.2) is 0 Å². The Morgan fingerprint density at radius 1 is 1.19 bits per heavy atom. The predicted molar refractivity (Wildman–Crippen MR) is 85.3 cm³/mol. The molecule has 8 heteroatoms. The molecule has 3 aromatic heterocycles. The van der Waals surface area contributed by atoms with E-state index < -0.39 is 0 Å². The minimum absolute atomic E-state index is 0.0139. The second kappa shape index (κ2) is 6.33. The topological polar surface area (TPSA) is 75.7 Å². The van der Waals surface area contributed by atoms with Crippen LogP contribution in [0.2, 0.25) is 0 Å². The number of Topliss-reactive ketones (excluding diaryl/α,β-unsaturated/α-hetero) is 1. The molecule has 0 saturated heterocycles. The average Bonchev–Trinajstić information content (AvgIpc) is 3.17. The lowest BCUT2D eigenvalue weighted by Crippen LogP contribution is -2.14. The van der Waals surface area contributed by atoms with Crippen molar-refractivity contribution in [2.24, 2.45) is 0 Å². The summed E-state index contributed by atoms with van der Waals surface area (Å²) in [6.07, 6.45) is 0. The molecule has 106 valence electrons. The summed E-state index contributed by atoms with van der Waals surface area (Å²) >= 11 is 4.01. The number of nitrogens with one attached hydrogen (secondary N) is 1. The third-order valence-corrected chi connectivity index (χ3v) is 5.22. The van der Waals surface area contributed by atoms with E-state index in [1.165, 1.54) is 34.4 Å². The van der Waals surface area contributed by atoms with Crippen molar-refractivity contribution in [1.82, 2.24) is 15.2 Å². The molecule has 0 unspecified atom stereocenters. The first-order valence-electron chi connectivity index (χ1n) is 5.94. The van der Waals surface area contributed by atoms with E-state index in [1.54, 1.807) is 6.07 Å². The summed E-state index contributed by atoms with van der Waals surface area (Å²) in [7, 11) is 0. The zero-order valence-electron chi connectivity index (χ0n) is 10.6. The van der Waals surface area contributed by atoms with Gasteiger partial charge in [-0.3, -0.25) is 14.6 Å². The quantitative estimate of drug-likeness (QED) is 0.573. The number of thioether (sulfide) groups is 1. The Morgan fingerprint density at radius 2 is 2.00 bits per heavy atom. The molecule has 0 amide bonds. The van der Waals surface area contributed by atoms with E-state index >= 15 is 0 Å². The highest BCUT2D eigenvalue weighted by atomic mass is 32.2. The highest BCUT2D eigenvalue weighted by Crippen LogP contribution is 2.20. The SMILES string of the molecule is O=C(CSc1nnc(-c2cccs2)c(=O)[nH]1)c1cccs1. The van der Waals surface area contributed by atoms with E-state index in [4.69, 9.17) is 0 Å². The first kappa shape index (κ1) is 14.2. The number of thiophene rings is 2. The van der Waals surface area contributed by atoms with Gasteiger partial charge in [-0.05, 0) is 22.9 Å². The molecular formula is C13H9N3O2S3. The Hall–Kier alpha value is -1.77. The van der Waals surface area contributed by atoms with Crippen LogP contribution in [0.4, 0.5) is 0 Å². The van der Waals surface area contributed by atoms with Gasteiger partial charge in [-0.2, -0.15) is 0 Å². The second-order valence-electron chi connectivity index (χ2n) is 3.97. The molecule has 0 aliphatic rings. The van der Waals surface area contributed by atoms with Crippen molar-refractivity contribution in [3.8, 4) is 10.6 Å². The molecule has 0 radical (unpaired) electrons. The van der Waals surface area contributed by atoms with Gasteiger partial charge in [0.1, 0.15) is 0 Å². The van der Waals surface area contributed by atoms with Gasteiger partial charge in [-0.1, -0.05) is 23.9 Å². The monoisotopic (exact) mass is 335 g/mol. The maximum absolute atomic E-state index is 12.0. The number of rotatable bonds is 5. The summed E-state index contributed by atoms with van der Waals surface area (Å²) in [6, 6.07) is 7.28. The molecule has 0 aliphatic heterocycles. The number of hydrogen-bond acceptors (Lipinski definition) is 7. The number of aromatic nitrogens is 3. The van der Waals surface area contributed by atoms with Crippen molar-refractivity contribution in [1.29, 1.82) is 0 Å². The van der Waals surface area contributed by atoms with E-state index in [0.29, 0.717) is 15.7 Å². The Kier molecular flexibility index (Phi) is 4.28. The summed E-state index contributed by atoms with van der Waals surface area (Å²) in [6.45, 7) is 0. The highest BCUT2D eigenvalue weighted by molar-refractivity contribution is 7.99. The maximum Gasteiger partial charge on any atom is 0.279 e. The number of nitrogens with zero attached hydrogens (tertiary/aromatic N) is 2. The fraction of sp³-hybridized carbons (Fsp3) is 0.0769. The largest absolute Gasteiger partial charge is 0.298 e. The number of carbonyl (C=O) groups is 1. The Morgan fingerprint density at radius 3 is 2.67 bits per heavy atom. The molecule has 0 saturated carbocycles. The molecule has 1 N–H and O–H groups in total. The number of carbonyl (C=O) groups excluding carboxylic acids is 1. The third kappa shape index (κ3) is 3.29. The highest BCUT2D eigenvalue weighted by Gasteiger charge is 2.11. The molecule has 5 nitrogen and oxygen atoms in total. The lowest BCUT2D eigenvalue weighted by Gasteiger charge is -2.00. The van der Waals surface area contributed by atoms with Crippen LogP contribution in [0.3, 0.4) is 0 Å². The Balaban J connectivity index is 1.71. The average molecular weight is 335 g/mol. The lowest BCUT2D eigenvalue weighted by molar-refractivity contribution is 0.102. The smallest absolute Gasteiger partial charge is 0.279 e. The molecule has 0 aliphatic carbocycles. The molecule has 0 atom stereocenters. The minimum atomic E-state index is -0.293. The van der Waals surface area contributed by atoms with Gasteiger partial charge in [0, 0.05) is 0 Å². The summed E-state index contributed by atoms with van der Waals surface area (Å²) in [4.78, 5) is 28.0. The number of hydrogen-bond donors (Lipinski definition) is 1. The van der Waals surface area contributed by atoms with Crippen molar-refractivity contribution >= 4 is 40.2 Å². The van der Waals surface area contributed by atoms with Gasteiger partial charge >= 0.3 is 0 Å². The normalized spacial score (nSPS) is 10.7. The molecule has 0 fully saturated rings. The van der Waals surface area contributed by atoms with Crippen LogP contribution in [0.25, 0.3) is 10.6 Å². The lowest BCUT2D eigenvalue weighted by atomic mass is 10.4. The van der Waals surface area contributed by atoms with Crippen LogP contribution in [0, 0.1) is 0 Å². The van der Waals surface area contributed by atoms with Crippen LogP contribution >= 0.6 is 34.4 Å². The fourth-order valence-electron chi connectivity index (χ4n) is 1.60. The summed E-state index contributed by atoms with van der Waals surface area (Å²) in [5, 5.41) is 12.0. The Labute approximate surface area is 132 Å². The van der Waals surface area contributed by atoms with Crippen LogP contribution < -0.4 is 5.56 Å². The van der Waals surface area contributed by atoms with Crippen molar-refractivity contribution in [2.45, 2.75) is 5.16 Å². The fourth-order valence-corrected chi connectivity index (χ4v) is 3.75. The maximum atomic E-state index is 12.0. The second-order valence-corrected chi connectivity index (χ2v) is 6.83. The molecule has 3 rings (SSSR count). The summed E-state index contributed by atoms with van der Waals surface area (Å²) in [5.74, 6) is 0.240. The third-order valence-electron chi connectivity index (χ3n) is 2.57. The van der Waals surface area contributed by atoms with Crippen LogP contribution in [0.15, 0.2) is 45.0 Å². The molecular weight excluding hydrogens is 326 g/mol. The van der Waals surface area contributed by atoms with E-state index in [1.807, 2.05) is 29.0 Å². The number of ketones is 1. The Bertz CT molecular complexity index is 794. The van der Waals surface area contributed by atoms with E-state index in [0.717, 1.165) is 4.88 Å². The van der Waals surface area contributed by atoms with Gasteiger partial charge < -0.3 is 0 Å². The van der Waals surface area contributed by atoms with E-state index in [2.05, 4.69) is 15.2 Å². The zero-order valence-corrected chi connectivity index (χ0v) is 13.1. The molecule has 21 heavy (non-hydrogen) atoms. The van der Waals surface area contributed by atoms with Crippen molar-refractivity contribution < 1.29 is 4.79 Å². The van der Waals surface area contributed by atoms with Crippen LogP contribution in [-0.2, 0) is 0 Å². The van der Waals surface area contributed by atoms with Crippen LogP contribution in [0.1, 0.15) is 9.67 Å². The standard InChI is InChI=1S/C13H9N3O2S3/c17-8(9-3-1-5-19-9)7-21-13-14-12(18)11(15-16-13)10-4-2-6-20-10/h1-6H,7H2,(H,14,16,18). The van der Waals surface area contributed by atoms with Gasteiger partial charge in [-0.15, -0.1) is 32.9 Å².